The first-order valence-corrected chi connectivity index (χ1v) is 13.1. The predicted octanol–water partition coefficient (Wildman–Crippen LogP) is 3.39. The SMILES string of the molecule is CC(C(=O)NC(C)(C)C)N(Cc1ccccc1)C(=O)CN(c1ccc(I)cc1)S(C)(=O)=O. The normalized spacial score (nSPS) is 12.7. The van der Waals surface area contributed by atoms with Crippen molar-refractivity contribution in [2.24, 2.45) is 0 Å². The van der Waals surface area contributed by atoms with Crippen LogP contribution in [-0.2, 0) is 26.2 Å². The molecule has 0 aliphatic carbocycles. The number of nitrogens with zero attached hydrogens (tertiary/aromatic N) is 2. The number of halogens is 1. The van der Waals surface area contributed by atoms with E-state index < -0.39 is 34.1 Å². The van der Waals surface area contributed by atoms with Gasteiger partial charge in [0.25, 0.3) is 0 Å². The number of hydrogen-bond acceptors (Lipinski definition) is 4. The van der Waals surface area contributed by atoms with Crippen LogP contribution in [0.1, 0.15) is 33.3 Å². The van der Waals surface area contributed by atoms with Crippen molar-refractivity contribution in [3.05, 3.63) is 63.7 Å². The maximum absolute atomic E-state index is 13.4. The summed E-state index contributed by atoms with van der Waals surface area (Å²) < 4.78 is 27.0. The number of anilines is 1. The fraction of sp³-hybridized carbons (Fsp3) is 0.391. The predicted molar refractivity (Wildman–Crippen MR) is 136 cm³/mol. The Kier molecular flexibility index (Phi) is 8.69. The summed E-state index contributed by atoms with van der Waals surface area (Å²) in [5, 5.41) is 2.90. The molecular formula is C23H30IN3O4S. The molecule has 7 nitrogen and oxygen atoms in total. The van der Waals surface area contributed by atoms with E-state index in [9.17, 15) is 18.0 Å². The molecule has 0 fully saturated rings. The summed E-state index contributed by atoms with van der Waals surface area (Å²) in [4.78, 5) is 27.7. The lowest BCUT2D eigenvalue weighted by Gasteiger charge is -2.33. The Morgan fingerprint density at radius 1 is 1.03 bits per heavy atom. The van der Waals surface area contributed by atoms with E-state index in [1.807, 2.05) is 51.1 Å². The minimum absolute atomic E-state index is 0.183. The number of nitrogens with one attached hydrogen (secondary N) is 1. The molecule has 1 unspecified atom stereocenters. The number of benzene rings is 2. The van der Waals surface area contributed by atoms with Crippen LogP contribution < -0.4 is 9.62 Å². The average Bonchev–Trinajstić information content (AvgIpc) is 2.69. The maximum atomic E-state index is 13.4. The quantitative estimate of drug-likeness (QED) is 0.493. The van der Waals surface area contributed by atoms with Gasteiger partial charge >= 0.3 is 0 Å². The van der Waals surface area contributed by atoms with Crippen LogP contribution in [0.4, 0.5) is 5.69 Å². The van der Waals surface area contributed by atoms with Crippen molar-refractivity contribution in [3.8, 4) is 0 Å². The third kappa shape index (κ3) is 7.77. The van der Waals surface area contributed by atoms with Gasteiger partial charge in [0.15, 0.2) is 0 Å². The number of hydrogen-bond donors (Lipinski definition) is 1. The summed E-state index contributed by atoms with van der Waals surface area (Å²) in [6.07, 6.45) is 1.07. The van der Waals surface area contributed by atoms with Crippen LogP contribution in [0.5, 0.6) is 0 Å². The highest BCUT2D eigenvalue weighted by atomic mass is 127. The largest absolute Gasteiger partial charge is 0.350 e. The zero-order chi connectivity index (χ0) is 24.1. The first-order valence-electron chi connectivity index (χ1n) is 10.2. The van der Waals surface area contributed by atoms with E-state index >= 15 is 0 Å². The highest BCUT2D eigenvalue weighted by Gasteiger charge is 2.31. The van der Waals surface area contributed by atoms with Gasteiger partial charge in [0.1, 0.15) is 12.6 Å². The van der Waals surface area contributed by atoms with Gasteiger partial charge in [0, 0.05) is 15.7 Å². The summed E-state index contributed by atoms with van der Waals surface area (Å²) in [5.74, 6) is -0.767. The lowest BCUT2D eigenvalue weighted by atomic mass is 10.1. The van der Waals surface area contributed by atoms with Crippen molar-refractivity contribution in [1.82, 2.24) is 10.2 Å². The molecule has 174 valence electrons. The van der Waals surface area contributed by atoms with E-state index in [1.165, 1.54) is 4.90 Å². The Hall–Kier alpha value is -2.14. The molecule has 9 heteroatoms. The standard InChI is InChI=1S/C23H30IN3O4S/c1-17(22(29)25-23(2,3)4)26(15-18-9-7-6-8-10-18)21(28)16-27(32(5,30)31)20-13-11-19(24)12-14-20/h6-14,17H,15-16H2,1-5H3,(H,25,29). The van der Waals surface area contributed by atoms with Gasteiger partial charge < -0.3 is 10.2 Å². The molecule has 0 radical (unpaired) electrons. The van der Waals surface area contributed by atoms with Crippen LogP contribution in [0, 0.1) is 3.57 Å². The second kappa shape index (κ2) is 10.7. The number of rotatable bonds is 8. The molecule has 2 rings (SSSR count). The fourth-order valence-corrected chi connectivity index (χ4v) is 4.27. The average molecular weight is 571 g/mol. The van der Waals surface area contributed by atoms with Gasteiger partial charge in [-0.05, 0) is 80.1 Å². The Morgan fingerprint density at radius 2 is 1.59 bits per heavy atom. The van der Waals surface area contributed by atoms with Gasteiger partial charge in [-0.1, -0.05) is 30.3 Å². The molecule has 2 aromatic carbocycles. The number of sulfonamides is 1. The Labute approximate surface area is 204 Å². The third-order valence-electron chi connectivity index (χ3n) is 4.66. The zero-order valence-electron chi connectivity index (χ0n) is 19.0. The van der Waals surface area contributed by atoms with E-state index in [4.69, 9.17) is 0 Å². The molecule has 0 saturated heterocycles. The van der Waals surface area contributed by atoms with E-state index in [-0.39, 0.29) is 12.5 Å². The smallest absolute Gasteiger partial charge is 0.244 e. The van der Waals surface area contributed by atoms with Crippen LogP contribution in [0.25, 0.3) is 0 Å². The van der Waals surface area contributed by atoms with Crippen molar-refractivity contribution in [1.29, 1.82) is 0 Å². The number of amides is 2. The van der Waals surface area contributed by atoms with Gasteiger partial charge in [0.05, 0.1) is 11.9 Å². The molecule has 1 N–H and O–H groups in total. The van der Waals surface area contributed by atoms with E-state index in [0.717, 1.165) is 19.7 Å². The first-order chi connectivity index (χ1) is 14.8. The van der Waals surface area contributed by atoms with Crippen LogP contribution in [0.2, 0.25) is 0 Å². The number of carbonyl (C=O) groups is 2. The molecule has 0 heterocycles. The number of carbonyl (C=O) groups excluding carboxylic acids is 2. The van der Waals surface area contributed by atoms with Crippen molar-refractivity contribution < 1.29 is 18.0 Å². The lowest BCUT2D eigenvalue weighted by molar-refractivity contribution is -0.140. The molecule has 32 heavy (non-hydrogen) atoms. The highest BCUT2D eigenvalue weighted by Crippen LogP contribution is 2.20. The summed E-state index contributed by atoms with van der Waals surface area (Å²) in [5.41, 5.74) is 0.774. The van der Waals surface area contributed by atoms with Crippen molar-refractivity contribution in [3.63, 3.8) is 0 Å². The second-order valence-electron chi connectivity index (χ2n) is 8.67. The van der Waals surface area contributed by atoms with Crippen molar-refractivity contribution in [2.45, 2.75) is 45.8 Å². The minimum Gasteiger partial charge on any atom is -0.350 e. The molecular weight excluding hydrogens is 541 g/mol. The van der Waals surface area contributed by atoms with Gasteiger partial charge in [-0.15, -0.1) is 0 Å². The third-order valence-corrected chi connectivity index (χ3v) is 6.51. The second-order valence-corrected chi connectivity index (χ2v) is 11.8. The van der Waals surface area contributed by atoms with Crippen LogP contribution in [0.3, 0.4) is 0 Å². The van der Waals surface area contributed by atoms with Gasteiger partial charge in [-0.3, -0.25) is 13.9 Å². The first kappa shape index (κ1) is 26.1. The maximum Gasteiger partial charge on any atom is 0.244 e. The van der Waals surface area contributed by atoms with Crippen LogP contribution in [0.15, 0.2) is 54.6 Å². The molecule has 2 aromatic rings. The van der Waals surface area contributed by atoms with Crippen LogP contribution in [-0.4, -0.2) is 49.5 Å². The zero-order valence-corrected chi connectivity index (χ0v) is 22.0. The van der Waals surface area contributed by atoms with Crippen molar-refractivity contribution in [2.75, 3.05) is 17.1 Å². The van der Waals surface area contributed by atoms with Gasteiger partial charge in [-0.2, -0.15) is 0 Å². The monoisotopic (exact) mass is 571 g/mol. The topological polar surface area (TPSA) is 86.8 Å². The fourth-order valence-electron chi connectivity index (χ4n) is 3.06. The molecule has 0 aromatic heterocycles. The lowest BCUT2D eigenvalue weighted by Crippen LogP contribution is -2.54. The highest BCUT2D eigenvalue weighted by molar-refractivity contribution is 14.1. The Balaban J connectivity index is 2.36. The summed E-state index contributed by atoms with van der Waals surface area (Å²) in [7, 11) is -3.72. The molecule has 2 amide bonds. The summed E-state index contributed by atoms with van der Waals surface area (Å²) in [6.45, 7) is 7.02. The van der Waals surface area contributed by atoms with Gasteiger partial charge in [0.2, 0.25) is 21.8 Å². The Morgan fingerprint density at radius 3 is 2.09 bits per heavy atom. The van der Waals surface area contributed by atoms with E-state index in [1.54, 1.807) is 31.2 Å². The molecule has 0 aliphatic heterocycles. The molecule has 0 aliphatic rings. The van der Waals surface area contributed by atoms with E-state index in [0.29, 0.717) is 5.69 Å². The molecule has 0 spiro atoms. The van der Waals surface area contributed by atoms with Crippen LogP contribution >= 0.6 is 22.6 Å². The molecule has 0 saturated carbocycles. The van der Waals surface area contributed by atoms with Crippen molar-refractivity contribution >= 4 is 50.1 Å². The minimum atomic E-state index is -3.72. The molecule has 0 bridgehead atoms. The summed E-state index contributed by atoms with van der Waals surface area (Å²) in [6, 6.07) is 15.4. The van der Waals surface area contributed by atoms with Gasteiger partial charge in [-0.25, -0.2) is 8.42 Å². The molecule has 1 atom stereocenters. The van der Waals surface area contributed by atoms with E-state index in [2.05, 4.69) is 27.9 Å². The Bertz CT molecular complexity index is 1040. The summed E-state index contributed by atoms with van der Waals surface area (Å²) >= 11 is 2.13.